The minimum atomic E-state index is -0.0743. The van der Waals surface area contributed by atoms with Gasteiger partial charge in [-0.15, -0.1) is 11.8 Å². The van der Waals surface area contributed by atoms with Crippen molar-refractivity contribution in [2.24, 2.45) is 0 Å². The molecule has 5 nitrogen and oxygen atoms in total. The van der Waals surface area contributed by atoms with Gasteiger partial charge in [0.05, 0.1) is 17.3 Å². The second kappa shape index (κ2) is 7.97. The molecule has 132 valence electrons. The lowest BCUT2D eigenvalue weighted by molar-refractivity contribution is 0.0950. The van der Waals surface area contributed by atoms with Gasteiger partial charge in [0, 0.05) is 36.0 Å². The number of hydrogen-bond acceptors (Lipinski definition) is 5. The Balaban J connectivity index is 1.30. The zero-order chi connectivity index (χ0) is 17.8. The van der Waals surface area contributed by atoms with Gasteiger partial charge in [0.15, 0.2) is 5.16 Å². The SMILES string of the molecule is O=C(NCc1cn2c(n1)SCC2)c1ccc(CSc2ccccn2)cc1. The summed E-state index contributed by atoms with van der Waals surface area (Å²) in [6.45, 7) is 1.45. The predicted molar refractivity (Wildman–Crippen MR) is 104 cm³/mol. The van der Waals surface area contributed by atoms with E-state index in [1.165, 1.54) is 5.56 Å². The fourth-order valence-electron chi connectivity index (χ4n) is 2.66. The topological polar surface area (TPSA) is 59.8 Å². The van der Waals surface area contributed by atoms with Crippen LogP contribution in [0.4, 0.5) is 0 Å². The molecule has 0 radical (unpaired) electrons. The predicted octanol–water partition coefficient (Wildman–Crippen LogP) is 3.61. The number of aromatic nitrogens is 3. The highest BCUT2D eigenvalue weighted by molar-refractivity contribution is 7.99. The van der Waals surface area contributed by atoms with E-state index in [9.17, 15) is 4.79 Å². The number of hydrogen-bond donors (Lipinski definition) is 1. The molecular weight excluding hydrogens is 364 g/mol. The van der Waals surface area contributed by atoms with Crippen molar-refractivity contribution < 1.29 is 4.79 Å². The molecule has 0 spiro atoms. The maximum Gasteiger partial charge on any atom is 0.251 e. The molecule has 0 bridgehead atoms. The molecule has 1 amide bonds. The van der Waals surface area contributed by atoms with Crippen molar-refractivity contribution in [3.63, 3.8) is 0 Å². The molecule has 26 heavy (non-hydrogen) atoms. The molecular formula is C19H18N4OS2. The Labute approximate surface area is 160 Å². The summed E-state index contributed by atoms with van der Waals surface area (Å²) in [5.74, 6) is 1.84. The van der Waals surface area contributed by atoms with Crippen LogP contribution in [0.3, 0.4) is 0 Å². The van der Waals surface area contributed by atoms with Gasteiger partial charge in [-0.1, -0.05) is 30.0 Å². The van der Waals surface area contributed by atoms with Crippen LogP contribution in [0.2, 0.25) is 0 Å². The van der Waals surface area contributed by atoms with E-state index >= 15 is 0 Å². The largest absolute Gasteiger partial charge is 0.346 e. The van der Waals surface area contributed by atoms with Crippen LogP contribution in [0.25, 0.3) is 0 Å². The molecule has 0 fully saturated rings. The molecule has 0 saturated carbocycles. The number of thioether (sulfide) groups is 2. The molecule has 1 aromatic carbocycles. The minimum absolute atomic E-state index is 0.0743. The number of carbonyl (C=O) groups is 1. The normalized spacial score (nSPS) is 12.8. The summed E-state index contributed by atoms with van der Waals surface area (Å²) in [5.41, 5.74) is 2.74. The Kier molecular flexibility index (Phi) is 5.26. The zero-order valence-electron chi connectivity index (χ0n) is 14.1. The van der Waals surface area contributed by atoms with Crippen LogP contribution in [0.5, 0.6) is 0 Å². The van der Waals surface area contributed by atoms with Gasteiger partial charge in [-0.3, -0.25) is 4.79 Å². The van der Waals surface area contributed by atoms with Crippen LogP contribution in [0, 0.1) is 0 Å². The van der Waals surface area contributed by atoms with Crippen molar-refractivity contribution in [1.29, 1.82) is 0 Å². The number of pyridine rings is 1. The van der Waals surface area contributed by atoms with Gasteiger partial charge in [0.25, 0.3) is 5.91 Å². The number of carbonyl (C=O) groups excluding carboxylic acids is 1. The van der Waals surface area contributed by atoms with Gasteiger partial charge in [-0.2, -0.15) is 0 Å². The van der Waals surface area contributed by atoms with Gasteiger partial charge in [0.1, 0.15) is 0 Å². The van der Waals surface area contributed by atoms with Crippen molar-refractivity contribution in [3.8, 4) is 0 Å². The highest BCUT2D eigenvalue weighted by Crippen LogP contribution is 2.24. The Hall–Kier alpha value is -2.25. The van der Waals surface area contributed by atoms with Crippen molar-refractivity contribution in [2.45, 2.75) is 29.0 Å². The maximum absolute atomic E-state index is 12.3. The Morgan fingerprint density at radius 1 is 1.23 bits per heavy atom. The molecule has 1 N–H and O–H groups in total. The molecule has 3 heterocycles. The third-order valence-corrected chi connectivity index (χ3v) is 6.01. The van der Waals surface area contributed by atoms with E-state index in [0.29, 0.717) is 12.1 Å². The van der Waals surface area contributed by atoms with Crippen LogP contribution < -0.4 is 5.32 Å². The lowest BCUT2D eigenvalue weighted by Crippen LogP contribution is -2.23. The average molecular weight is 383 g/mol. The van der Waals surface area contributed by atoms with Crippen molar-refractivity contribution in [2.75, 3.05) is 5.75 Å². The minimum Gasteiger partial charge on any atom is -0.346 e. The van der Waals surface area contributed by atoms with Crippen LogP contribution >= 0.6 is 23.5 Å². The number of imidazole rings is 1. The fraction of sp³-hybridized carbons (Fsp3) is 0.211. The standard InChI is InChI=1S/C19H18N4OS2/c24-18(21-11-16-12-23-9-10-25-19(23)22-16)15-6-4-14(5-7-15)13-26-17-3-1-2-8-20-17/h1-8,12H,9-11,13H2,(H,21,24). The first-order valence-corrected chi connectivity index (χ1v) is 10.3. The first-order valence-electron chi connectivity index (χ1n) is 8.38. The molecule has 0 aliphatic carbocycles. The Morgan fingerprint density at radius 3 is 2.88 bits per heavy atom. The van der Waals surface area contributed by atoms with E-state index in [1.807, 2.05) is 48.7 Å². The van der Waals surface area contributed by atoms with Gasteiger partial charge in [-0.25, -0.2) is 9.97 Å². The second-order valence-electron chi connectivity index (χ2n) is 5.89. The van der Waals surface area contributed by atoms with Crippen LogP contribution in [0.15, 0.2) is 65.0 Å². The number of aryl methyl sites for hydroxylation is 1. The third kappa shape index (κ3) is 4.11. The summed E-state index contributed by atoms with van der Waals surface area (Å²) in [7, 11) is 0. The quantitative estimate of drug-likeness (QED) is 0.660. The van der Waals surface area contributed by atoms with Crippen molar-refractivity contribution in [1.82, 2.24) is 19.9 Å². The summed E-state index contributed by atoms with van der Waals surface area (Å²) >= 11 is 3.44. The lowest BCUT2D eigenvalue weighted by Gasteiger charge is -2.05. The number of rotatable bonds is 6. The zero-order valence-corrected chi connectivity index (χ0v) is 15.7. The summed E-state index contributed by atoms with van der Waals surface area (Å²) < 4.78 is 2.14. The van der Waals surface area contributed by atoms with E-state index in [2.05, 4.69) is 19.9 Å². The van der Waals surface area contributed by atoms with Gasteiger partial charge in [0.2, 0.25) is 0 Å². The first kappa shape index (κ1) is 17.2. The highest BCUT2D eigenvalue weighted by Gasteiger charge is 2.14. The van der Waals surface area contributed by atoms with E-state index in [1.54, 1.807) is 29.7 Å². The summed E-state index contributed by atoms with van der Waals surface area (Å²) in [6.07, 6.45) is 3.82. The van der Waals surface area contributed by atoms with Crippen LogP contribution in [-0.4, -0.2) is 26.2 Å². The molecule has 2 aromatic heterocycles. The van der Waals surface area contributed by atoms with E-state index < -0.39 is 0 Å². The number of nitrogens with zero attached hydrogens (tertiary/aromatic N) is 3. The maximum atomic E-state index is 12.3. The fourth-order valence-corrected chi connectivity index (χ4v) is 4.44. The van der Waals surface area contributed by atoms with Crippen molar-refractivity contribution >= 4 is 29.4 Å². The van der Waals surface area contributed by atoms with Crippen molar-refractivity contribution in [3.05, 3.63) is 71.7 Å². The number of nitrogens with one attached hydrogen (secondary N) is 1. The first-order chi connectivity index (χ1) is 12.8. The summed E-state index contributed by atoms with van der Waals surface area (Å²) in [4.78, 5) is 21.1. The second-order valence-corrected chi connectivity index (χ2v) is 7.95. The molecule has 0 unspecified atom stereocenters. The number of fused-ring (bicyclic) bond motifs is 1. The summed E-state index contributed by atoms with van der Waals surface area (Å²) in [5, 5.41) is 4.99. The smallest absolute Gasteiger partial charge is 0.251 e. The summed E-state index contributed by atoms with van der Waals surface area (Å²) in [6, 6.07) is 13.6. The Morgan fingerprint density at radius 2 is 2.12 bits per heavy atom. The van der Waals surface area contributed by atoms with Gasteiger partial charge < -0.3 is 9.88 Å². The molecule has 7 heteroatoms. The van der Waals surface area contributed by atoms with E-state index in [-0.39, 0.29) is 5.91 Å². The average Bonchev–Trinajstić information content (AvgIpc) is 3.27. The third-order valence-electron chi connectivity index (χ3n) is 4.02. The van der Waals surface area contributed by atoms with Gasteiger partial charge >= 0.3 is 0 Å². The number of benzene rings is 1. The lowest BCUT2D eigenvalue weighted by atomic mass is 10.1. The van der Waals surface area contributed by atoms with Crippen LogP contribution in [-0.2, 0) is 18.8 Å². The highest BCUT2D eigenvalue weighted by atomic mass is 32.2. The van der Waals surface area contributed by atoms with E-state index in [0.717, 1.165) is 33.9 Å². The molecule has 0 atom stereocenters. The molecule has 1 aliphatic heterocycles. The Bertz CT molecular complexity index is 872. The monoisotopic (exact) mass is 382 g/mol. The molecule has 3 aromatic rings. The number of amides is 1. The molecule has 4 rings (SSSR count). The molecule has 0 saturated heterocycles. The molecule has 1 aliphatic rings. The van der Waals surface area contributed by atoms with Crippen LogP contribution in [0.1, 0.15) is 21.6 Å². The van der Waals surface area contributed by atoms with E-state index in [4.69, 9.17) is 0 Å². The van der Waals surface area contributed by atoms with Gasteiger partial charge in [-0.05, 0) is 29.8 Å².